The van der Waals surface area contributed by atoms with Crippen LogP contribution in [-0.4, -0.2) is 22.4 Å². The highest BCUT2D eigenvalue weighted by Crippen LogP contribution is 2.23. The zero-order chi connectivity index (χ0) is 11.1. The van der Waals surface area contributed by atoms with Crippen LogP contribution in [-0.2, 0) is 0 Å². The van der Waals surface area contributed by atoms with E-state index in [2.05, 4.69) is 27.7 Å². The summed E-state index contributed by atoms with van der Waals surface area (Å²) in [5.41, 5.74) is 0. The van der Waals surface area contributed by atoms with Gasteiger partial charge >= 0.3 is 0 Å². The third kappa shape index (κ3) is 3.58. The molecule has 0 aliphatic rings. The van der Waals surface area contributed by atoms with Crippen molar-refractivity contribution in [3.63, 3.8) is 0 Å². The predicted octanol–water partition coefficient (Wildman–Crippen LogP) is 2.58. The average Bonchev–Trinajstić information content (AvgIpc) is 2.21. The van der Waals surface area contributed by atoms with E-state index in [4.69, 9.17) is 0 Å². The van der Waals surface area contributed by atoms with E-state index in [1.165, 1.54) is 0 Å². The van der Waals surface area contributed by atoms with Crippen molar-refractivity contribution < 1.29 is 10.2 Å². The van der Waals surface area contributed by atoms with Crippen LogP contribution in [0.4, 0.5) is 0 Å². The van der Waals surface area contributed by atoms with E-state index >= 15 is 0 Å². The fraction of sp³-hybridized carbons (Fsp3) is 1.00. The van der Waals surface area contributed by atoms with E-state index in [0.29, 0.717) is 0 Å². The van der Waals surface area contributed by atoms with E-state index in [9.17, 15) is 10.2 Å². The van der Waals surface area contributed by atoms with Gasteiger partial charge in [-0.15, -0.1) is 0 Å². The number of hydrogen-bond donors (Lipinski definition) is 2. The van der Waals surface area contributed by atoms with Crippen LogP contribution in [0.25, 0.3) is 0 Å². The van der Waals surface area contributed by atoms with Crippen LogP contribution < -0.4 is 0 Å². The molecule has 2 N–H and O–H groups in total. The predicted molar refractivity (Wildman–Crippen MR) is 60.2 cm³/mol. The number of aliphatic hydroxyl groups is 2. The molecule has 0 bridgehead atoms. The molecule has 0 spiro atoms. The zero-order valence-corrected chi connectivity index (χ0v) is 10.0. The van der Waals surface area contributed by atoms with E-state index < -0.39 is 12.2 Å². The molecule has 2 heteroatoms. The molecule has 0 aromatic heterocycles. The standard InChI is InChI=1S/C12H26O2/c1-5-9(6-2)11(13)12(14)10(7-3)8-4/h9-14H,5-8H2,1-4H3. The summed E-state index contributed by atoms with van der Waals surface area (Å²) in [5, 5.41) is 19.9. The summed E-state index contributed by atoms with van der Waals surface area (Å²) < 4.78 is 0. The van der Waals surface area contributed by atoms with Gasteiger partial charge in [0.1, 0.15) is 0 Å². The van der Waals surface area contributed by atoms with Gasteiger partial charge in [-0.25, -0.2) is 0 Å². The van der Waals surface area contributed by atoms with Gasteiger partial charge in [-0.1, -0.05) is 53.4 Å². The molecule has 0 saturated heterocycles. The van der Waals surface area contributed by atoms with Crippen molar-refractivity contribution in [2.75, 3.05) is 0 Å². The van der Waals surface area contributed by atoms with Gasteiger partial charge in [0, 0.05) is 0 Å². The summed E-state index contributed by atoms with van der Waals surface area (Å²) in [5.74, 6) is 0.483. The minimum absolute atomic E-state index is 0.241. The van der Waals surface area contributed by atoms with Gasteiger partial charge in [-0.3, -0.25) is 0 Å². The Morgan fingerprint density at radius 1 is 0.643 bits per heavy atom. The summed E-state index contributed by atoms with van der Waals surface area (Å²) in [6, 6.07) is 0. The van der Waals surface area contributed by atoms with Crippen molar-refractivity contribution in [2.24, 2.45) is 11.8 Å². The van der Waals surface area contributed by atoms with Gasteiger partial charge in [-0.2, -0.15) is 0 Å². The van der Waals surface area contributed by atoms with Crippen molar-refractivity contribution in [1.82, 2.24) is 0 Å². The van der Waals surface area contributed by atoms with Crippen LogP contribution in [0.2, 0.25) is 0 Å². The summed E-state index contributed by atoms with van der Waals surface area (Å²) >= 11 is 0. The van der Waals surface area contributed by atoms with Crippen LogP contribution in [0.15, 0.2) is 0 Å². The lowest BCUT2D eigenvalue weighted by Crippen LogP contribution is -2.38. The molecule has 0 aliphatic carbocycles. The second kappa shape index (κ2) is 7.24. The van der Waals surface area contributed by atoms with Gasteiger partial charge in [-0.05, 0) is 11.8 Å². The fourth-order valence-corrected chi connectivity index (χ4v) is 2.10. The number of rotatable bonds is 7. The highest BCUT2D eigenvalue weighted by Gasteiger charge is 2.28. The smallest absolute Gasteiger partial charge is 0.0829 e. The van der Waals surface area contributed by atoms with E-state index in [0.717, 1.165) is 25.7 Å². The fourth-order valence-electron chi connectivity index (χ4n) is 2.10. The Hall–Kier alpha value is -0.0800. The highest BCUT2D eigenvalue weighted by molar-refractivity contribution is 4.79. The molecule has 0 heterocycles. The van der Waals surface area contributed by atoms with Crippen LogP contribution in [0.3, 0.4) is 0 Å². The lowest BCUT2D eigenvalue weighted by atomic mass is 9.84. The topological polar surface area (TPSA) is 40.5 Å². The summed E-state index contributed by atoms with van der Waals surface area (Å²) in [6.07, 6.45) is 2.66. The van der Waals surface area contributed by atoms with E-state index in [1.807, 2.05) is 0 Å². The molecule has 2 atom stereocenters. The van der Waals surface area contributed by atoms with Crippen LogP contribution in [0.1, 0.15) is 53.4 Å². The molecule has 0 aliphatic heterocycles. The first kappa shape index (κ1) is 13.9. The van der Waals surface area contributed by atoms with Crippen molar-refractivity contribution in [3.05, 3.63) is 0 Å². The summed E-state index contributed by atoms with van der Waals surface area (Å²) in [7, 11) is 0. The van der Waals surface area contributed by atoms with Crippen molar-refractivity contribution in [1.29, 1.82) is 0 Å². The van der Waals surface area contributed by atoms with Gasteiger partial charge < -0.3 is 10.2 Å². The normalized spacial score (nSPS) is 16.3. The molecule has 14 heavy (non-hydrogen) atoms. The van der Waals surface area contributed by atoms with Crippen molar-refractivity contribution in [3.8, 4) is 0 Å². The van der Waals surface area contributed by atoms with Crippen LogP contribution in [0.5, 0.6) is 0 Å². The van der Waals surface area contributed by atoms with Gasteiger partial charge in [0.25, 0.3) is 0 Å². The monoisotopic (exact) mass is 202 g/mol. The molecular formula is C12H26O2. The second-order valence-corrected chi connectivity index (χ2v) is 4.13. The van der Waals surface area contributed by atoms with Gasteiger partial charge in [0.15, 0.2) is 0 Å². The minimum atomic E-state index is -0.546. The number of hydrogen-bond acceptors (Lipinski definition) is 2. The molecular weight excluding hydrogens is 176 g/mol. The van der Waals surface area contributed by atoms with Crippen LogP contribution >= 0.6 is 0 Å². The third-order valence-electron chi connectivity index (χ3n) is 3.41. The first-order valence-electron chi connectivity index (χ1n) is 5.98. The Kier molecular flexibility index (Phi) is 7.20. The van der Waals surface area contributed by atoms with E-state index in [-0.39, 0.29) is 11.8 Å². The molecule has 86 valence electrons. The summed E-state index contributed by atoms with van der Waals surface area (Å²) in [6.45, 7) is 8.27. The molecule has 0 fully saturated rings. The Morgan fingerprint density at radius 3 is 1.00 bits per heavy atom. The maximum Gasteiger partial charge on any atom is 0.0829 e. The third-order valence-corrected chi connectivity index (χ3v) is 3.41. The quantitative estimate of drug-likeness (QED) is 0.666. The Labute approximate surface area is 88.3 Å². The lowest BCUT2D eigenvalue weighted by Gasteiger charge is -2.29. The largest absolute Gasteiger partial charge is 0.390 e. The average molecular weight is 202 g/mol. The molecule has 0 radical (unpaired) electrons. The Morgan fingerprint density at radius 2 is 0.857 bits per heavy atom. The maximum atomic E-state index is 9.96. The van der Waals surface area contributed by atoms with E-state index in [1.54, 1.807) is 0 Å². The first-order valence-corrected chi connectivity index (χ1v) is 5.98. The maximum absolute atomic E-state index is 9.96. The van der Waals surface area contributed by atoms with Crippen LogP contribution in [0, 0.1) is 11.8 Å². The Bertz CT molecular complexity index is 112. The molecule has 0 rings (SSSR count). The molecule has 2 nitrogen and oxygen atoms in total. The molecule has 0 aromatic rings. The zero-order valence-electron chi connectivity index (χ0n) is 10.0. The SMILES string of the molecule is CCC(CC)C(O)C(O)C(CC)CC. The van der Waals surface area contributed by atoms with Crippen molar-refractivity contribution in [2.45, 2.75) is 65.6 Å². The van der Waals surface area contributed by atoms with Crippen molar-refractivity contribution >= 4 is 0 Å². The number of aliphatic hydroxyl groups excluding tert-OH is 2. The summed E-state index contributed by atoms with van der Waals surface area (Å²) in [4.78, 5) is 0. The highest BCUT2D eigenvalue weighted by atomic mass is 16.3. The molecule has 0 saturated carbocycles. The Balaban J connectivity index is 4.26. The molecule has 2 unspecified atom stereocenters. The second-order valence-electron chi connectivity index (χ2n) is 4.13. The van der Waals surface area contributed by atoms with Gasteiger partial charge in [0.05, 0.1) is 12.2 Å². The minimum Gasteiger partial charge on any atom is -0.390 e. The lowest BCUT2D eigenvalue weighted by molar-refractivity contribution is -0.0510. The van der Waals surface area contributed by atoms with Gasteiger partial charge in [0.2, 0.25) is 0 Å². The first-order chi connectivity index (χ1) is 6.62. The molecule has 0 aromatic carbocycles. The molecule has 0 amide bonds.